The van der Waals surface area contributed by atoms with Gasteiger partial charge in [-0.25, -0.2) is 4.98 Å². The molecule has 5 heteroatoms. The van der Waals surface area contributed by atoms with Gasteiger partial charge < -0.3 is 14.5 Å². The number of fused-ring (bicyclic) bond motifs is 4. The molecule has 2 aliphatic rings. The molecule has 0 amide bonds. The number of hydrogen-bond donors (Lipinski definition) is 0. The Morgan fingerprint density at radius 2 is 1.36 bits per heavy atom. The number of rotatable bonds is 6. The number of anilines is 3. The minimum atomic E-state index is 0.0155. The molecule has 230 valence electrons. The van der Waals surface area contributed by atoms with Crippen molar-refractivity contribution in [2.24, 2.45) is 0 Å². The maximum Gasteiger partial charge on any atom is 0.137 e. The van der Waals surface area contributed by atoms with Gasteiger partial charge in [-0.3, -0.25) is 4.57 Å². The summed E-state index contributed by atoms with van der Waals surface area (Å²) in [7, 11) is 2.13. The van der Waals surface area contributed by atoms with Crippen LogP contribution in [0.15, 0.2) is 140 Å². The summed E-state index contributed by atoms with van der Waals surface area (Å²) >= 11 is 0. The summed E-state index contributed by atoms with van der Waals surface area (Å²) in [6.45, 7) is 0.798. The molecule has 1 saturated carbocycles. The first-order valence-electron chi connectivity index (χ1n) is 16.6. The van der Waals surface area contributed by atoms with Gasteiger partial charge in [0.15, 0.2) is 0 Å². The van der Waals surface area contributed by atoms with Crippen molar-refractivity contribution in [1.29, 1.82) is 0 Å². The highest BCUT2D eigenvalue weighted by atomic mass is 16.5. The van der Waals surface area contributed by atoms with E-state index < -0.39 is 0 Å². The number of benzene rings is 5. The lowest BCUT2D eigenvalue weighted by atomic mass is 9.73. The first-order valence-corrected chi connectivity index (χ1v) is 16.6. The molecule has 2 aromatic heterocycles. The maximum atomic E-state index is 6.59. The van der Waals surface area contributed by atoms with E-state index in [1.165, 1.54) is 46.1 Å². The Morgan fingerprint density at radius 1 is 0.617 bits per heavy atom. The maximum absolute atomic E-state index is 6.59. The number of para-hydroxylation sites is 3. The summed E-state index contributed by atoms with van der Waals surface area (Å²) in [5.41, 5.74) is 8.53. The molecule has 1 aliphatic heterocycles. The minimum Gasteiger partial charge on any atom is -0.457 e. The summed E-state index contributed by atoms with van der Waals surface area (Å²) in [4.78, 5) is 9.58. The summed E-state index contributed by atoms with van der Waals surface area (Å²) in [6.07, 6.45) is 6.79. The van der Waals surface area contributed by atoms with Crippen molar-refractivity contribution >= 4 is 38.9 Å². The third-order valence-electron chi connectivity index (χ3n) is 10.3. The number of ether oxygens (including phenoxy) is 1. The van der Waals surface area contributed by atoms with E-state index in [9.17, 15) is 0 Å². The summed E-state index contributed by atoms with van der Waals surface area (Å²) in [5.74, 6) is 2.54. The van der Waals surface area contributed by atoms with Crippen molar-refractivity contribution < 1.29 is 4.74 Å². The third kappa shape index (κ3) is 4.57. The van der Waals surface area contributed by atoms with Crippen LogP contribution in [0.2, 0.25) is 0 Å². The molecule has 5 aromatic carbocycles. The monoisotopic (exact) mass is 612 g/mol. The van der Waals surface area contributed by atoms with Gasteiger partial charge >= 0.3 is 0 Å². The van der Waals surface area contributed by atoms with E-state index in [-0.39, 0.29) is 5.41 Å². The van der Waals surface area contributed by atoms with Crippen LogP contribution in [-0.2, 0) is 5.41 Å². The molecule has 5 nitrogen and oxygen atoms in total. The summed E-state index contributed by atoms with van der Waals surface area (Å²) in [5, 5.41) is 2.39. The zero-order valence-corrected chi connectivity index (χ0v) is 26.5. The van der Waals surface area contributed by atoms with Gasteiger partial charge in [0, 0.05) is 47.3 Å². The predicted molar refractivity (Wildman–Crippen MR) is 193 cm³/mol. The zero-order chi connectivity index (χ0) is 31.4. The molecule has 1 aliphatic carbocycles. The molecule has 1 fully saturated rings. The van der Waals surface area contributed by atoms with Gasteiger partial charge in [0.05, 0.1) is 29.1 Å². The van der Waals surface area contributed by atoms with Crippen molar-refractivity contribution in [3.8, 4) is 17.3 Å². The highest BCUT2D eigenvalue weighted by molar-refractivity contribution is 6.09. The van der Waals surface area contributed by atoms with Gasteiger partial charge in [-0.15, -0.1) is 0 Å². The summed E-state index contributed by atoms with van der Waals surface area (Å²) in [6, 6.07) is 47.6. The Balaban J connectivity index is 1.12. The Hall–Kier alpha value is -5.55. The quantitative estimate of drug-likeness (QED) is 0.187. The van der Waals surface area contributed by atoms with E-state index in [1.807, 2.05) is 12.3 Å². The molecular formula is C42H36N4O. The highest BCUT2D eigenvalue weighted by Crippen LogP contribution is 2.47. The molecule has 47 heavy (non-hydrogen) atoms. The Morgan fingerprint density at radius 3 is 2.23 bits per heavy atom. The standard InChI is InChI=1S/C42H36N4O/c1-44-29-45(39-19-8-7-18-38(39)44)32-14-11-15-33(27-32)47-34-20-21-36-35-16-5-6-17-37(35)46(40(36)28-34)41-26-31(22-25-43-41)42(23-9-10-24-42)30-12-3-2-4-13-30/h2-8,11-22,25-28H,9-10,23-24,29H2,1H3. The van der Waals surface area contributed by atoms with Crippen LogP contribution in [0.3, 0.4) is 0 Å². The number of nitrogens with zero attached hydrogens (tertiary/aromatic N) is 4. The second kappa shape index (κ2) is 11.1. The van der Waals surface area contributed by atoms with Gasteiger partial charge in [0.1, 0.15) is 17.3 Å². The molecule has 0 atom stereocenters. The van der Waals surface area contributed by atoms with Crippen LogP contribution in [0, 0.1) is 0 Å². The van der Waals surface area contributed by atoms with E-state index in [0.29, 0.717) is 0 Å². The second-order valence-electron chi connectivity index (χ2n) is 12.9. The molecular weight excluding hydrogens is 576 g/mol. The average Bonchev–Trinajstić information content (AvgIpc) is 3.84. The van der Waals surface area contributed by atoms with Crippen LogP contribution in [0.25, 0.3) is 27.6 Å². The van der Waals surface area contributed by atoms with E-state index >= 15 is 0 Å². The molecule has 7 aromatic rings. The van der Waals surface area contributed by atoms with Crippen LogP contribution in [0.4, 0.5) is 17.1 Å². The fraction of sp³-hybridized carbons (Fsp3) is 0.167. The topological polar surface area (TPSA) is 33.5 Å². The summed E-state index contributed by atoms with van der Waals surface area (Å²) < 4.78 is 8.90. The van der Waals surface area contributed by atoms with Gasteiger partial charge in [-0.05, 0) is 78.6 Å². The van der Waals surface area contributed by atoms with Crippen LogP contribution in [-0.4, -0.2) is 23.3 Å². The smallest absolute Gasteiger partial charge is 0.137 e. The normalized spacial score (nSPS) is 15.4. The number of aromatic nitrogens is 2. The molecule has 0 bridgehead atoms. The lowest BCUT2D eigenvalue weighted by Crippen LogP contribution is -2.24. The molecule has 9 rings (SSSR count). The molecule has 0 saturated heterocycles. The fourth-order valence-electron chi connectivity index (χ4n) is 8.03. The Kier molecular flexibility index (Phi) is 6.53. The largest absolute Gasteiger partial charge is 0.457 e. The van der Waals surface area contributed by atoms with Gasteiger partial charge in [0.25, 0.3) is 0 Å². The first-order chi connectivity index (χ1) is 23.2. The lowest BCUT2D eigenvalue weighted by molar-refractivity contribution is 0.483. The van der Waals surface area contributed by atoms with Crippen molar-refractivity contribution in [1.82, 2.24) is 9.55 Å². The Bertz CT molecular complexity index is 2250. The van der Waals surface area contributed by atoms with Crippen LogP contribution in [0.1, 0.15) is 36.8 Å². The average molecular weight is 613 g/mol. The van der Waals surface area contributed by atoms with E-state index in [4.69, 9.17) is 9.72 Å². The van der Waals surface area contributed by atoms with Crippen molar-refractivity contribution in [2.45, 2.75) is 31.1 Å². The highest BCUT2D eigenvalue weighted by Gasteiger charge is 2.37. The van der Waals surface area contributed by atoms with Gasteiger partial charge in [-0.2, -0.15) is 0 Å². The van der Waals surface area contributed by atoms with E-state index in [2.05, 4.69) is 149 Å². The predicted octanol–water partition coefficient (Wildman–Crippen LogP) is 10.4. The molecule has 3 heterocycles. The lowest BCUT2D eigenvalue weighted by Gasteiger charge is -2.31. The zero-order valence-electron chi connectivity index (χ0n) is 26.5. The van der Waals surface area contributed by atoms with Crippen molar-refractivity contribution in [2.75, 3.05) is 23.5 Å². The van der Waals surface area contributed by atoms with Crippen molar-refractivity contribution in [3.05, 3.63) is 151 Å². The van der Waals surface area contributed by atoms with E-state index in [1.54, 1.807) is 0 Å². The molecule has 0 spiro atoms. The van der Waals surface area contributed by atoms with Gasteiger partial charge in [0.2, 0.25) is 0 Å². The molecule has 0 radical (unpaired) electrons. The van der Waals surface area contributed by atoms with Crippen LogP contribution in [0.5, 0.6) is 11.5 Å². The Labute approximate surface area is 275 Å². The third-order valence-corrected chi connectivity index (χ3v) is 10.3. The van der Waals surface area contributed by atoms with E-state index in [0.717, 1.165) is 53.5 Å². The molecule has 0 unspecified atom stereocenters. The van der Waals surface area contributed by atoms with Gasteiger partial charge in [-0.1, -0.05) is 79.6 Å². The van der Waals surface area contributed by atoms with Crippen LogP contribution < -0.4 is 14.5 Å². The van der Waals surface area contributed by atoms with Crippen LogP contribution >= 0.6 is 0 Å². The first kappa shape index (κ1) is 27.7. The molecule has 0 N–H and O–H groups in total. The number of pyridine rings is 1. The van der Waals surface area contributed by atoms with Crippen molar-refractivity contribution in [3.63, 3.8) is 0 Å². The fourth-order valence-corrected chi connectivity index (χ4v) is 8.03. The second-order valence-corrected chi connectivity index (χ2v) is 12.9. The minimum absolute atomic E-state index is 0.0155. The SMILES string of the molecule is CN1CN(c2cccc(Oc3ccc4c5ccccc5n(-c5cc(C6(c7ccccc7)CCCC6)ccn5)c4c3)c2)c2ccccc21. The number of hydrogen-bond acceptors (Lipinski definition) is 4.